The molecule has 5 aliphatic rings. The van der Waals surface area contributed by atoms with Crippen LogP contribution in [0.5, 0.6) is 0 Å². The number of carbonyl (C=O) groups is 2. The zero-order valence-electron chi connectivity index (χ0n) is 16.0. The van der Waals surface area contributed by atoms with Gasteiger partial charge in [0.25, 0.3) is 0 Å². The van der Waals surface area contributed by atoms with E-state index in [4.69, 9.17) is 24.0 Å². The number of hydrogen-bond acceptors (Lipinski definition) is 8. The molecule has 8 atom stereocenters. The van der Waals surface area contributed by atoms with Gasteiger partial charge >= 0.3 is 5.97 Å². The molecule has 1 unspecified atom stereocenters. The van der Waals surface area contributed by atoms with Crippen molar-refractivity contribution in [1.82, 2.24) is 0 Å². The second-order valence-corrected chi connectivity index (χ2v) is 8.64. The van der Waals surface area contributed by atoms with Gasteiger partial charge in [-0.2, -0.15) is 0 Å². The molecule has 1 spiro atoms. The van der Waals surface area contributed by atoms with Gasteiger partial charge in [-0.3, -0.25) is 4.79 Å². The molecule has 0 aromatic rings. The molecule has 27 heavy (non-hydrogen) atoms. The predicted octanol–water partition coefficient (Wildman–Crippen LogP) is 1.27. The van der Waals surface area contributed by atoms with Gasteiger partial charge in [-0.15, -0.1) is 0 Å². The van der Waals surface area contributed by atoms with Gasteiger partial charge in [0.2, 0.25) is 12.1 Å². The van der Waals surface area contributed by atoms with Crippen LogP contribution >= 0.6 is 0 Å². The minimum atomic E-state index is -1.28. The van der Waals surface area contributed by atoms with Gasteiger partial charge < -0.3 is 24.1 Å². The van der Waals surface area contributed by atoms with E-state index in [1.165, 1.54) is 0 Å². The fourth-order valence-corrected chi connectivity index (χ4v) is 5.40. The van der Waals surface area contributed by atoms with E-state index in [9.17, 15) is 14.7 Å². The van der Waals surface area contributed by atoms with Crippen LogP contribution in [0.25, 0.3) is 0 Å². The molecule has 4 aliphatic heterocycles. The van der Waals surface area contributed by atoms with E-state index >= 15 is 0 Å². The van der Waals surface area contributed by atoms with E-state index in [-0.39, 0.29) is 30.6 Å². The van der Waals surface area contributed by atoms with Crippen LogP contribution in [0, 0.1) is 23.7 Å². The molecule has 0 radical (unpaired) electrons. The molecule has 1 saturated carbocycles. The van der Waals surface area contributed by atoms with E-state index in [1.54, 1.807) is 0 Å². The molecule has 0 aromatic carbocycles. The maximum Gasteiger partial charge on any atom is 0.308 e. The summed E-state index contributed by atoms with van der Waals surface area (Å²) in [5.74, 6) is -2.17. The summed E-state index contributed by atoms with van der Waals surface area (Å²) in [6, 6.07) is 0. The highest BCUT2D eigenvalue weighted by atomic mass is 17.3. The van der Waals surface area contributed by atoms with Crippen LogP contribution in [0.3, 0.4) is 0 Å². The Balaban J connectivity index is 1.58. The van der Waals surface area contributed by atoms with Gasteiger partial charge in [0.05, 0.1) is 6.42 Å². The summed E-state index contributed by atoms with van der Waals surface area (Å²) < 4.78 is 17.7. The molecule has 4 heterocycles. The number of rotatable bonds is 4. The fraction of sp³-hybridized carbons (Fsp3) is 0.895. The third-order valence-corrected chi connectivity index (χ3v) is 6.88. The average molecular weight is 383 g/mol. The van der Waals surface area contributed by atoms with E-state index in [2.05, 4.69) is 6.92 Å². The van der Waals surface area contributed by atoms with E-state index < -0.39 is 35.9 Å². The first-order valence-electron chi connectivity index (χ1n) is 9.84. The van der Waals surface area contributed by atoms with Gasteiger partial charge in [0, 0.05) is 24.2 Å². The molecule has 0 aromatic heterocycles. The maximum atomic E-state index is 12.0. The molecule has 5 fully saturated rings. The van der Waals surface area contributed by atoms with Crippen molar-refractivity contribution in [3.8, 4) is 0 Å². The lowest BCUT2D eigenvalue weighted by molar-refractivity contribution is -0.576. The third-order valence-electron chi connectivity index (χ3n) is 6.88. The van der Waals surface area contributed by atoms with Gasteiger partial charge in [-0.1, -0.05) is 13.8 Å². The van der Waals surface area contributed by atoms with Crippen molar-refractivity contribution in [2.24, 2.45) is 23.7 Å². The van der Waals surface area contributed by atoms with Crippen molar-refractivity contribution in [3.63, 3.8) is 0 Å². The third kappa shape index (κ3) is 3.06. The van der Waals surface area contributed by atoms with Crippen molar-refractivity contribution in [3.05, 3.63) is 0 Å². The van der Waals surface area contributed by atoms with E-state index in [0.29, 0.717) is 12.3 Å². The summed E-state index contributed by atoms with van der Waals surface area (Å²) >= 11 is 0. The highest BCUT2D eigenvalue weighted by molar-refractivity contribution is 5.75. The summed E-state index contributed by atoms with van der Waals surface area (Å²) in [6.07, 6.45) is 1.48. The Bertz CT molecular complexity index is 623. The van der Waals surface area contributed by atoms with Gasteiger partial charge in [-0.05, 0) is 44.4 Å². The number of fused-ring (bicyclic) bond motifs is 2. The molecular weight excluding hydrogens is 356 g/mol. The normalized spacial score (nSPS) is 48.4. The predicted molar refractivity (Wildman–Crippen MR) is 87.2 cm³/mol. The summed E-state index contributed by atoms with van der Waals surface area (Å²) in [4.78, 5) is 34.4. The van der Waals surface area contributed by atoms with Crippen molar-refractivity contribution >= 4 is 11.9 Å². The average Bonchev–Trinajstić information content (AvgIpc) is 2.84. The first-order chi connectivity index (χ1) is 12.7. The summed E-state index contributed by atoms with van der Waals surface area (Å²) in [5.41, 5.74) is -0.707. The van der Waals surface area contributed by atoms with Gasteiger partial charge in [-0.25, -0.2) is 9.78 Å². The minimum Gasteiger partial charge on any atom is -0.550 e. The smallest absolute Gasteiger partial charge is 0.308 e. The molecule has 152 valence electrons. The lowest BCUT2D eigenvalue weighted by Crippen LogP contribution is -2.70. The van der Waals surface area contributed by atoms with Crippen LogP contribution in [-0.4, -0.2) is 35.9 Å². The Kier molecular flexibility index (Phi) is 4.73. The van der Waals surface area contributed by atoms with Crippen molar-refractivity contribution < 1.29 is 38.7 Å². The second kappa shape index (κ2) is 6.69. The zero-order chi connectivity index (χ0) is 19.4. The fourth-order valence-electron chi connectivity index (χ4n) is 5.40. The van der Waals surface area contributed by atoms with Crippen molar-refractivity contribution in [2.75, 3.05) is 0 Å². The summed E-state index contributed by atoms with van der Waals surface area (Å²) in [7, 11) is 0. The Morgan fingerprint density at radius 2 is 1.89 bits per heavy atom. The number of hydrogen-bond donors (Lipinski definition) is 0. The number of ether oxygens (including phenoxy) is 3. The van der Waals surface area contributed by atoms with E-state index in [0.717, 1.165) is 19.3 Å². The monoisotopic (exact) mass is 383 g/mol. The summed E-state index contributed by atoms with van der Waals surface area (Å²) in [5, 5.41) is 10.6. The number of carbonyl (C=O) groups excluding carboxylic acids is 2. The lowest BCUT2D eigenvalue weighted by atomic mass is 9.58. The van der Waals surface area contributed by atoms with Crippen LogP contribution in [0.2, 0.25) is 0 Å². The SMILES string of the molecule is C[C@H]1[C@@H](OC(=O)CCC(=O)[O-])O[C@@H]2O[C@]3(C)CC[C@H]4[C@H](C)CC[C@@H]1C24OO3. The molecule has 2 bridgehead atoms. The first kappa shape index (κ1) is 19.1. The first-order valence-corrected chi connectivity index (χ1v) is 9.84. The largest absolute Gasteiger partial charge is 0.550 e. The van der Waals surface area contributed by atoms with Crippen LogP contribution < -0.4 is 5.11 Å². The molecule has 8 heteroatoms. The molecule has 8 nitrogen and oxygen atoms in total. The second-order valence-electron chi connectivity index (χ2n) is 8.64. The standard InChI is InChI=1S/C19H28O8/c1-10-4-5-13-11(2)16(23-15(22)7-6-14(20)21)24-17-19(13)12(10)8-9-18(3,25-17)26-27-19/h10-13,16-17H,4-9H2,1-3H3,(H,20,21)/p-1/t10-,11-,12+,13+,16+,17-,18+,19?/m1/s1. The highest BCUT2D eigenvalue weighted by Crippen LogP contribution is 2.60. The number of esters is 1. The summed E-state index contributed by atoms with van der Waals surface area (Å²) in [6.45, 7) is 6.04. The molecule has 5 rings (SSSR count). The van der Waals surface area contributed by atoms with Crippen LogP contribution in [-0.2, 0) is 33.6 Å². The minimum absolute atomic E-state index is 0.0547. The number of carboxylic acids is 1. The maximum absolute atomic E-state index is 12.0. The Labute approximate surface area is 158 Å². The van der Waals surface area contributed by atoms with Crippen LogP contribution in [0.15, 0.2) is 0 Å². The van der Waals surface area contributed by atoms with Crippen molar-refractivity contribution in [1.29, 1.82) is 0 Å². The van der Waals surface area contributed by atoms with Crippen LogP contribution in [0.4, 0.5) is 0 Å². The lowest BCUT2D eigenvalue weighted by Gasteiger charge is -2.59. The molecule has 0 amide bonds. The quantitative estimate of drug-likeness (QED) is 0.528. The van der Waals surface area contributed by atoms with E-state index in [1.807, 2.05) is 13.8 Å². The topological polar surface area (TPSA) is 103 Å². The van der Waals surface area contributed by atoms with Gasteiger partial charge in [0.15, 0.2) is 11.9 Å². The molecule has 1 aliphatic carbocycles. The number of carboxylic acid groups (broad SMARTS) is 1. The molecular formula is C19H27O8-. The van der Waals surface area contributed by atoms with Gasteiger partial charge in [0.1, 0.15) is 0 Å². The molecule has 0 N–H and O–H groups in total. The highest BCUT2D eigenvalue weighted by Gasteiger charge is 2.69. The van der Waals surface area contributed by atoms with Crippen LogP contribution in [0.1, 0.15) is 59.3 Å². The Morgan fingerprint density at radius 3 is 2.63 bits per heavy atom. The zero-order valence-corrected chi connectivity index (χ0v) is 16.0. The Hall–Kier alpha value is -1.22. The Morgan fingerprint density at radius 1 is 1.11 bits per heavy atom. The van der Waals surface area contributed by atoms with Crippen molar-refractivity contribution in [2.45, 2.75) is 83.3 Å². The molecule has 4 saturated heterocycles. The number of aliphatic carboxylic acids is 1.